The summed E-state index contributed by atoms with van der Waals surface area (Å²) in [4.78, 5) is 15.1. The van der Waals surface area contributed by atoms with E-state index in [2.05, 4.69) is 25.7 Å². The molecule has 1 aromatic heterocycles. The fraction of sp³-hybridized carbons (Fsp3) is 0.333. The van der Waals surface area contributed by atoms with Crippen LogP contribution in [0.3, 0.4) is 0 Å². The summed E-state index contributed by atoms with van der Waals surface area (Å²) in [5, 5.41) is 0.630. The first-order chi connectivity index (χ1) is 6.72. The van der Waals surface area contributed by atoms with E-state index in [0.717, 1.165) is 5.56 Å². The number of nitrogens with zero attached hydrogens (tertiary/aromatic N) is 1. The first-order valence-corrected chi connectivity index (χ1v) is 5.03. The molecule has 0 bridgehead atoms. The lowest BCUT2D eigenvalue weighted by molar-refractivity contribution is 0.0593. The summed E-state index contributed by atoms with van der Waals surface area (Å²) in [6.07, 6.45) is 0. The van der Waals surface area contributed by atoms with E-state index in [-0.39, 0.29) is 5.69 Å². The molecular weight excluding hydrogens is 250 g/mol. The van der Waals surface area contributed by atoms with Gasteiger partial charge in [0.25, 0.3) is 0 Å². The van der Waals surface area contributed by atoms with Gasteiger partial charge in [-0.15, -0.1) is 0 Å². The van der Waals surface area contributed by atoms with Crippen LogP contribution >= 0.6 is 15.9 Å². The summed E-state index contributed by atoms with van der Waals surface area (Å²) in [6.45, 7) is 0. The summed E-state index contributed by atoms with van der Waals surface area (Å²) in [5.41, 5.74) is 1.13. The average Bonchev–Trinajstić information content (AvgIpc) is 2.26. The molecule has 0 aliphatic rings. The maximum Gasteiger partial charge on any atom is 0.356 e. The van der Waals surface area contributed by atoms with Crippen LogP contribution in [-0.4, -0.2) is 25.2 Å². The molecule has 0 aliphatic heterocycles. The standard InChI is InChI=1S/C9H10BrNO3/c1-13-8-6(5-10)3-4-7(11-8)9(12)14-2/h3-4H,5H2,1-2H3. The quantitative estimate of drug-likeness (QED) is 0.613. The Morgan fingerprint density at radius 3 is 2.71 bits per heavy atom. The van der Waals surface area contributed by atoms with Crippen molar-refractivity contribution in [2.24, 2.45) is 0 Å². The van der Waals surface area contributed by atoms with Crippen LogP contribution in [0, 0.1) is 0 Å². The van der Waals surface area contributed by atoms with Gasteiger partial charge in [-0.3, -0.25) is 0 Å². The molecule has 0 aliphatic carbocycles. The highest BCUT2D eigenvalue weighted by Gasteiger charge is 2.11. The SMILES string of the molecule is COC(=O)c1ccc(CBr)c(OC)n1. The number of carbonyl (C=O) groups excluding carboxylic acids is 1. The number of ether oxygens (including phenoxy) is 2. The number of rotatable bonds is 3. The molecule has 0 aromatic carbocycles. The predicted molar refractivity (Wildman–Crippen MR) is 54.8 cm³/mol. The van der Waals surface area contributed by atoms with E-state index in [1.54, 1.807) is 12.1 Å². The van der Waals surface area contributed by atoms with Crippen LogP contribution in [0.2, 0.25) is 0 Å². The highest BCUT2D eigenvalue weighted by Crippen LogP contribution is 2.18. The third kappa shape index (κ3) is 2.23. The number of pyridine rings is 1. The van der Waals surface area contributed by atoms with Crippen molar-refractivity contribution in [3.8, 4) is 5.88 Å². The zero-order valence-corrected chi connectivity index (χ0v) is 9.50. The molecule has 0 fully saturated rings. The van der Waals surface area contributed by atoms with Crippen molar-refractivity contribution in [3.05, 3.63) is 23.4 Å². The first kappa shape index (κ1) is 11.0. The second-order valence-electron chi connectivity index (χ2n) is 2.49. The minimum atomic E-state index is -0.468. The number of esters is 1. The van der Waals surface area contributed by atoms with E-state index in [9.17, 15) is 4.79 Å². The van der Waals surface area contributed by atoms with Gasteiger partial charge in [0.15, 0.2) is 5.69 Å². The molecule has 1 heterocycles. The molecule has 0 N–H and O–H groups in total. The highest BCUT2D eigenvalue weighted by molar-refractivity contribution is 9.08. The van der Waals surface area contributed by atoms with Gasteiger partial charge in [0.05, 0.1) is 14.2 Å². The van der Waals surface area contributed by atoms with Gasteiger partial charge >= 0.3 is 5.97 Å². The zero-order valence-electron chi connectivity index (χ0n) is 7.91. The van der Waals surface area contributed by atoms with Crippen molar-refractivity contribution in [3.63, 3.8) is 0 Å². The molecule has 1 rings (SSSR count). The zero-order chi connectivity index (χ0) is 10.6. The number of halogens is 1. The van der Waals surface area contributed by atoms with Crippen molar-refractivity contribution in [2.45, 2.75) is 5.33 Å². The van der Waals surface area contributed by atoms with E-state index < -0.39 is 5.97 Å². The monoisotopic (exact) mass is 259 g/mol. The first-order valence-electron chi connectivity index (χ1n) is 3.91. The van der Waals surface area contributed by atoms with Gasteiger partial charge in [0.2, 0.25) is 5.88 Å². The molecule has 1 aromatic rings. The molecule has 4 nitrogen and oxygen atoms in total. The second kappa shape index (κ2) is 4.95. The van der Waals surface area contributed by atoms with Crippen molar-refractivity contribution in [1.82, 2.24) is 4.98 Å². The molecule has 76 valence electrons. The molecule has 0 radical (unpaired) electrons. The third-order valence-electron chi connectivity index (χ3n) is 1.67. The van der Waals surface area contributed by atoms with Gasteiger partial charge < -0.3 is 9.47 Å². The second-order valence-corrected chi connectivity index (χ2v) is 3.05. The topological polar surface area (TPSA) is 48.4 Å². The van der Waals surface area contributed by atoms with E-state index in [4.69, 9.17) is 4.74 Å². The Morgan fingerprint density at radius 1 is 1.50 bits per heavy atom. The fourth-order valence-corrected chi connectivity index (χ4v) is 1.39. The maximum atomic E-state index is 11.1. The van der Waals surface area contributed by atoms with Gasteiger partial charge in [0.1, 0.15) is 0 Å². The van der Waals surface area contributed by atoms with E-state index in [1.807, 2.05) is 0 Å². The van der Waals surface area contributed by atoms with Crippen molar-refractivity contribution < 1.29 is 14.3 Å². The lowest BCUT2D eigenvalue weighted by Crippen LogP contribution is -2.06. The molecule has 0 saturated heterocycles. The number of hydrogen-bond acceptors (Lipinski definition) is 4. The van der Waals surface area contributed by atoms with Gasteiger partial charge in [-0.1, -0.05) is 22.0 Å². The summed E-state index contributed by atoms with van der Waals surface area (Å²) >= 11 is 3.29. The lowest BCUT2D eigenvalue weighted by atomic mass is 10.2. The van der Waals surface area contributed by atoms with Crippen molar-refractivity contribution in [1.29, 1.82) is 0 Å². The Labute approximate surface area is 90.4 Å². The van der Waals surface area contributed by atoms with Crippen LogP contribution in [0.25, 0.3) is 0 Å². The van der Waals surface area contributed by atoms with Gasteiger partial charge in [-0.2, -0.15) is 0 Å². The van der Waals surface area contributed by atoms with Gasteiger partial charge in [-0.05, 0) is 6.07 Å². The van der Waals surface area contributed by atoms with Gasteiger partial charge in [-0.25, -0.2) is 9.78 Å². The molecular formula is C9H10BrNO3. The van der Waals surface area contributed by atoms with Crippen LogP contribution in [0.4, 0.5) is 0 Å². The smallest absolute Gasteiger partial charge is 0.356 e. The molecule has 0 spiro atoms. The Hall–Kier alpha value is -1.10. The maximum absolute atomic E-state index is 11.1. The average molecular weight is 260 g/mol. The lowest BCUT2D eigenvalue weighted by Gasteiger charge is -2.05. The summed E-state index contributed by atoms with van der Waals surface area (Å²) in [7, 11) is 2.82. The number of hydrogen-bond donors (Lipinski definition) is 0. The van der Waals surface area contributed by atoms with Crippen LogP contribution in [0.15, 0.2) is 12.1 Å². The van der Waals surface area contributed by atoms with Crippen LogP contribution in [0.5, 0.6) is 5.88 Å². The normalized spacial score (nSPS) is 9.64. The number of methoxy groups -OCH3 is 2. The fourth-order valence-electron chi connectivity index (χ4n) is 0.966. The van der Waals surface area contributed by atoms with Crippen LogP contribution < -0.4 is 4.74 Å². The molecule has 0 unspecified atom stereocenters. The Morgan fingerprint density at radius 2 is 2.21 bits per heavy atom. The Balaban J connectivity index is 3.07. The minimum absolute atomic E-state index is 0.244. The van der Waals surface area contributed by atoms with Gasteiger partial charge in [0, 0.05) is 10.9 Å². The minimum Gasteiger partial charge on any atom is -0.481 e. The molecule has 5 heteroatoms. The largest absolute Gasteiger partial charge is 0.481 e. The number of carbonyl (C=O) groups is 1. The van der Waals surface area contributed by atoms with Crippen molar-refractivity contribution >= 4 is 21.9 Å². The van der Waals surface area contributed by atoms with E-state index in [0.29, 0.717) is 11.2 Å². The Kier molecular flexibility index (Phi) is 3.88. The summed E-state index contributed by atoms with van der Waals surface area (Å²) in [5.74, 6) is -0.0332. The molecule has 0 amide bonds. The summed E-state index contributed by atoms with van der Waals surface area (Å²) < 4.78 is 9.56. The molecule has 0 atom stereocenters. The number of aromatic nitrogens is 1. The predicted octanol–water partition coefficient (Wildman–Crippen LogP) is 1.77. The highest BCUT2D eigenvalue weighted by atomic mass is 79.9. The Bertz CT molecular complexity index is 341. The van der Waals surface area contributed by atoms with Crippen LogP contribution in [-0.2, 0) is 10.1 Å². The molecule has 0 saturated carbocycles. The van der Waals surface area contributed by atoms with E-state index in [1.165, 1.54) is 14.2 Å². The number of alkyl halides is 1. The summed E-state index contributed by atoms with van der Waals surface area (Å²) in [6, 6.07) is 3.37. The third-order valence-corrected chi connectivity index (χ3v) is 2.28. The molecule has 14 heavy (non-hydrogen) atoms. The van der Waals surface area contributed by atoms with Crippen LogP contribution in [0.1, 0.15) is 16.1 Å². The van der Waals surface area contributed by atoms with Crippen molar-refractivity contribution in [2.75, 3.05) is 14.2 Å². The van der Waals surface area contributed by atoms with E-state index >= 15 is 0 Å².